The van der Waals surface area contributed by atoms with E-state index in [2.05, 4.69) is 4.98 Å². The SMILES string of the molecule is COC1CCCC(Oc2ccncc2N)C1. The van der Waals surface area contributed by atoms with Gasteiger partial charge in [-0.15, -0.1) is 0 Å². The predicted octanol–water partition coefficient (Wildman–Crippen LogP) is 2.00. The summed E-state index contributed by atoms with van der Waals surface area (Å²) in [7, 11) is 1.76. The molecule has 1 aromatic heterocycles. The van der Waals surface area contributed by atoms with Gasteiger partial charge >= 0.3 is 0 Å². The molecule has 4 heteroatoms. The zero-order chi connectivity index (χ0) is 11.4. The van der Waals surface area contributed by atoms with Crippen LogP contribution in [0.5, 0.6) is 5.75 Å². The van der Waals surface area contributed by atoms with Crippen LogP contribution in [0, 0.1) is 0 Å². The van der Waals surface area contributed by atoms with E-state index >= 15 is 0 Å². The molecule has 2 atom stereocenters. The number of nitrogens with zero attached hydrogens (tertiary/aromatic N) is 1. The van der Waals surface area contributed by atoms with Gasteiger partial charge in [0.2, 0.25) is 0 Å². The van der Waals surface area contributed by atoms with Crippen molar-refractivity contribution in [3.63, 3.8) is 0 Å². The molecular weight excluding hydrogens is 204 g/mol. The number of anilines is 1. The first kappa shape index (κ1) is 11.2. The number of ether oxygens (including phenoxy) is 2. The Hall–Kier alpha value is -1.29. The lowest BCUT2D eigenvalue weighted by molar-refractivity contribution is 0.0212. The smallest absolute Gasteiger partial charge is 0.145 e. The highest BCUT2D eigenvalue weighted by Gasteiger charge is 2.23. The van der Waals surface area contributed by atoms with Gasteiger partial charge in [0.25, 0.3) is 0 Å². The molecule has 1 aliphatic carbocycles. The number of pyridine rings is 1. The van der Waals surface area contributed by atoms with Gasteiger partial charge < -0.3 is 15.2 Å². The zero-order valence-electron chi connectivity index (χ0n) is 9.56. The van der Waals surface area contributed by atoms with E-state index in [1.807, 2.05) is 6.07 Å². The molecule has 0 bridgehead atoms. The van der Waals surface area contributed by atoms with E-state index in [-0.39, 0.29) is 6.10 Å². The largest absolute Gasteiger partial charge is 0.488 e. The zero-order valence-corrected chi connectivity index (χ0v) is 9.56. The molecule has 1 fully saturated rings. The first-order valence-electron chi connectivity index (χ1n) is 5.68. The molecule has 1 saturated carbocycles. The Morgan fingerprint density at radius 3 is 2.94 bits per heavy atom. The van der Waals surface area contributed by atoms with Gasteiger partial charge in [0.15, 0.2) is 0 Å². The van der Waals surface area contributed by atoms with Gasteiger partial charge in [-0.2, -0.15) is 0 Å². The fraction of sp³-hybridized carbons (Fsp3) is 0.583. The normalized spacial score (nSPS) is 25.3. The van der Waals surface area contributed by atoms with E-state index in [9.17, 15) is 0 Å². The van der Waals surface area contributed by atoms with E-state index < -0.39 is 0 Å². The lowest BCUT2D eigenvalue weighted by atomic mass is 9.95. The van der Waals surface area contributed by atoms with Crippen LogP contribution in [-0.4, -0.2) is 24.3 Å². The van der Waals surface area contributed by atoms with Crippen molar-refractivity contribution in [2.45, 2.75) is 37.9 Å². The van der Waals surface area contributed by atoms with E-state index in [0.29, 0.717) is 11.8 Å². The minimum Gasteiger partial charge on any atom is -0.488 e. The Kier molecular flexibility index (Phi) is 3.62. The van der Waals surface area contributed by atoms with Crippen molar-refractivity contribution in [3.05, 3.63) is 18.5 Å². The third-order valence-electron chi connectivity index (χ3n) is 3.02. The molecule has 2 N–H and O–H groups in total. The summed E-state index contributed by atoms with van der Waals surface area (Å²) < 4.78 is 11.2. The van der Waals surface area contributed by atoms with E-state index in [4.69, 9.17) is 15.2 Å². The topological polar surface area (TPSA) is 57.4 Å². The first-order valence-corrected chi connectivity index (χ1v) is 5.68. The lowest BCUT2D eigenvalue weighted by Gasteiger charge is -2.28. The van der Waals surface area contributed by atoms with Crippen LogP contribution < -0.4 is 10.5 Å². The van der Waals surface area contributed by atoms with Crippen molar-refractivity contribution in [2.24, 2.45) is 0 Å². The molecule has 1 aliphatic rings. The second-order valence-electron chi connectivity index (χ2n) is 4.18. The van der Waals surface area contributed by atoms with Crippen molar-refractivity contribution in [2.75, 3.05) is 12.8 Å². The second-order valence-corrected chi connectivity index (χ2v) is 4.18. The van der Waals surface area contributed by atoms with Gasteiger partial charge in [-0.05, 0) is 19.3 Å². The highest BCUT2D eigenvalue weighted by atomic mass is 16.5. The van der Waals surface area contributed by atoms with E-state index in [1.54, 1.807) is 19.5 Å². The van der Waals surface area contributed by atoms with Gasteiger partial charge in [-0.1, -0.05) is 0 Å². The number of nitrogen functional groups attached to an aromatic ring is 1. The molecule has 1 aromatic rings. The summed E-state index contributed by atoms with van der Waals surface area (Å²) in [5.41, 5.74) is 6.39. The van der Waals surface area contributed by atoms with Crippen LogP contribution in [0.2, 0.25) is 0 Å². The molecule has 4 nitrogen and oxygen atoms in total. The summed E-state index contributed by atoms with van der Waals surface area (Å²) in [6, 6.07) is 1.81. The molecular formula is C12H18N2O2. The maximum absolute atomic E-state index is 5.87. The van der Waals surface area contributed by atoms with Crippen LogP contribution in [0.1, 0.15) is 25.7 Å². The fourth-order valence-corrected chi connectivity index (χ4v) is 2.10. The standard InChI is InChI=1S/C12H18N2O2/c1-15-9-3-2-4-10(7-9)16-12-5-6-14-8-11(12)13/h5-6,8-10H,2-4,7,13H2,1H3. The molecule has 2 unspecified atom stereocenters. The van der Waals surface area contributed by atoms with Crippen LogP contribution in [0.15, 0.2) is 18.5 Å². The number of hydrogen-bond acceptors (Lipinski definition) is 4. The quantitative estimate of drug-likeness (QED) is 0.849. The molecule has 0 amide bonds. The van der Waals surface area contributed by atoms with Crippen molar-refractivity contribution in [1.82, 2.24) is 4.98 Å². The summed E-state index contributed by atoms with van der Waals surface area (Å²) >= 11 is 0. The molecule has 0 aliphatic heterocycles. The Balaban J connectivity index is 1.97. The van der Waals surface area contributed by atoms with Crippen molar-refractivity contribution < 1.29 is 9.47 Å². The Morgan fingerprint density at radius 2 is 2.19 bits per heavy atom. The summed E-state index contributed by atoms with van der Waals surface area (Å²) in [4.78, 5) is 3.94. The van der Waals surface area contributed by atoms with E-state index in [1.165, 1.54) is 0 Å². The molecule has 88 valence electrons. The lowest BCUT2D eigenvalue weighted by Crippen LogP contribution is -2.29. The van der Waals surface area contributed by atoms with Gasteiger partial charge in [-0.25, -0.2) is 0 Å². The van der Waals surface area contributed by atoms with Crippen LogP contribution in [0.4, 0.5) is 5.69 Å². The van der Waals surface area contributed by atoms with Gasteiger partial charge in [0, 0.05) is 25.8 Å². The summed E-state index contributed by atoms with van der Waals surface area (Å²) in [5, 5.41) is 0. The number of nitrogens with two attached hydrogens (primary N) is 1. The molecule has 0 saturated heterocycles. The highest BCUT2D eigenvalue weighted by molar-refractivity contribution is 5.49. The molecule has 2 rings (SSSR count). The molecule has 0 spiro atoms. The Bertz CT molecular complexity index is 344. The third kappa shape index (κ3) is 2.64. The average molecular weight is 222 g/mol. The van der Waals surface area contributed by atoms with Crippen LogP contribution in [0.25, 0.3) is 0 Å². The summed E-state index contributed by atoms with van der Waals surface area (Å²) in [5.74, 6) is 0.733. The van der Waals surface area contributed by atoms with Crippen LogP contribution >= 0.6 is 0 Å². The van der Waals surface area contributed by atoms with Crippen molar-refractivity contribution >= 4 is 5.69 Å². The number of hydrogen-bond donors (Lipinski definition) is 1. The van der Waals surface area contributed by atoms with Crippen molar-refractivity contribution in [3.8, 4) is 5.75 Å². The monoisotopic (exact) mass is 222 g/mol. The Morgan fingerprint density at radius 1 is 1.38 bits per heavy atom. The van der Waals surface area contributed by atoms with Gasteiger partial charge in [0.05, 0.1) is 18.0 Å². The summed E-state index contributed by atoms with van der Waals surface area (Å²) in [6.07, 6.45) is 8.13. The molecule has 0 radical (unpaired) electrons. The minimum atomic E-state index is 0.211. The van der Waals surface area contributed by atoms with Crippen LogP contribution in [0.3, 0.4) is 0 Å². The fourth-order valence-electron chi connectivity index (χ4n) is 2.10. The maximum Gasteiger partial charge on any atom is 0.145 e. The number of rotatable bonds is 3. The summed E-state index contributed by atoms with van der Waals surface area (Å²) in [6.45, 7) is 0. The van der Waals surface area contributed by atoms with Crippen LogP contribution in [-0.2, 0) is 4.74 Å². The number of methoxy groups -OCH3 is 1. The van der Waals surface area contributed by atoms with Crippen molar-refractivity contribution in [1.29, 1.82) is 0 Å². The highest BCUT2D eigenvalue weighted by Crippen LogP contribution is 2.27. The third-order valence-corrected chi connectivity index (χ3v) is 3.02. The Labute approximate surface area is 95.8 Å². The molecule has 0 aromatic carbocycles. The first-order chi connectivity index (χ1) is 7.79. The number of aromatic nitrogens is 1. The second kappa shape index (κ2) is 5.16. The molecule has 16 heavy (non-hydrogen) atoms. The minimum absolute atomic E-state index is 0.211. The predicted molar refractivity (Wildman–Crippen MR) is 62.3 cm³/mol. The van der Waals surface area contributed by atoms with E-state index in [0.717, 1.165) is 31.4 Å². The average Bonchev–Trinajstić information content (AvgIpc) is 2.32. The maximum atomic E-state index is 5.87. The van der Waals surface area contributed by atoms with Gasteiger partial charge in [-0.3, -0.25) is 4.98 Å². The molecule has 1 heterocycles. The van der Waals surface area contributed by atoms with Gasteiger partial charge in [0.1, 0.15) is 11.9 Å².